The van der Waals surface area contributed by atoms with Gasteiger partial charge in [0.05, 0.1) is 26.2 Å². The van der Waals surface area contributed by atoms with Crippen molar-refractivity contribution in [3.8, 4) is 23.0 Å². The largest absolute Gasteiger partial charge is 0.493 e. The topological polar surface area (TPSA) is 68.2 Å². The minimum atomic E-state index is -0.753. The van der Waals surface area contributed by atoms with Crippen molar-refractivity contribution >= 4 is 5.97 Å². The van der Waals surface area contributed by atoms with Gasteiger partial charge < -0.3 is 19.3 Å². The first kappa shape index (κ1) is 22.7. The van der Waals surface area contributed by atoms with Crippen molar-refractivity contribution in [2.24, 2.45) is 5.92 Å². The Kier molecular flexibility index (Phi) is 7.15. The molecular formula is C27H29NO5. The number of ether oxygens (including phenoxy) is 3. The lowest BCUT2D eigenvalue weighted by Crippen LogP contribution is -2.41. The second-order valence-electron chi connectivity index (χ2n) is 8.15. The highest BCUT2D eigenvalue weighted by atomic mass is 16.5. The lowest BCUT2D eigenvalue weighted by molar-refractivity contribution is -0.143. The molecule has 0 radical (unpaired) electrons. The van der Waals surface area contributed by atoms with E-state index in [-0.39, 0.29) is 6.04 Å². The molecule has 4 rings (SSSR count). The second-order valence-corrected chi connectivity index (χ2v) is 8.15. The maximum absolute atomic E-state index is 11.8. The van der Waals surface area contributed by atoms with Gasteiger partial charge in [0.25, 0.3) is 0 Å². The molecule has 2 atom stereocenters. The zero-order valence-electron chi connectivity index (χ0n) is 18.9. The minimum absolute atomic E-state index is 0.212. The first-order chi connectivity index (χ1) is 16.1. The zero-order valence-corrected chi connectivity index (χ0v) is 18.9. The van der Waals surface area contributed by atoms with Crippen LogP contribution in [0.1, 0.15) is 30.0 Å². The summed E-state index contributed by atoms with van der Waals surface area (Å²) in [5.74, 6) is 1.62. The fourth-order valence-electron chi connectivity index (χ4n) is 4.53. The van der Waals surface area contributed by atoms with Crippen LogP contribution >= 0.6 is 0 Å². The molecule has 0 spiro atoms. The Labute approximate surface area is 194 Å². The van der Waals surface area contributed by atoms with Crippen LogP contribution < -0.4 is 14.2 Å². The van der Waals surface area contributed by atoms with Crippen molar-refractivity contribution in [2.45, 2.75) is 18.9 Å². The number of methoxy groups -OCH3 is 2. The van der Waals surface area contributed by atoms with E-state index in [0.29, 0.717) is 24.5 Å². The molecule has 1 heterocycles. The van der Waals surface area contributed by atoms with Gasteiger partial charge in [0.15, 0.2) is 11.5 Å². The quantitative estimate of drug-likeness (QED) is 0.500. The molecule has 1 N–H and O–H groups in total. The Balaban J connectivity index is 1.77. The molecule has 6 heteroatoms. The van der Waals surface area contributed by atoms with Gasteiger partial charge in [-0.05, 0) is 55.3 Å². The Morgan fingerprint density at radius 1 is 0.970 bits per heavy atom. The van der Waals surface area contributed by atoms with Crippen LogP contribution in [0.2, 0.25) is 0 Å². The number of carbonyl (C=O) groups is 1. The van der Waals surface area contributed by atoms with Crippen LogP contribution in [0.25, 0.3) is 0 Å². The molecular weight excluding hydrogens is 418 g/mol. The molecule has 0 amide bonds. The summed E-state index contributed by atoms with van der Waals surface area (Å²) < 4.78 is 17.4. The Morgan fingerprint density at radius 2 is 1.73 bits per heavy atom. The predicted octanol–water partition coefficient (Wildman–Crippen LogP) is 5.38. The van der Waals surface area contributed by atoms with Gasteiger partial charge in [-0.2, -0.15) is 0 Å². The summed E-state index contributed by atoms with van der Waals surface area (Å²) in [6, 6.07) is 23.2. The van der Waals surface area contributed by atoms with E-state index in [4.69, 9.17) is 14.2 Å². The predicted molar refractivity (Wildman–Crippen MR) is 126 cm³/mol. The van der Waals surface area contributed by atoms with Crippen molar-refractivity contribution in [1.82, 2.24) is 4.90 Å². The first-order valence-electron chi connectivity index (χ1n) is 11.1. The third-order valence-corrected chi connectivity index (χ3v) is 6.05. The van der Waals surface area contributed by atoms with E-state index in [9.17, 15) is 9.90 Å². The number of benzene rings is 3. The molecule has 1 fully saturated rings. The van der Waals surface area contributed by atoms with Crippen LogP contribution in [0.4, 0.5) is 0 Å². The van der Waals surface area contributed by atoms with E-state index in [1.165, 1.54) is 0 Å². The van der Waals surface area contributed by atoms with Crippen molar-refractivity contribution in [3.05, 3.63) is 83.9 Å². The van der Waals surface area contributed by atoms with E-state index in [2.05, 4.69) is 4.90 Å². The van der Waals surface area contributed by atoms with E-state index in [0.717, 1.165) is 35.6 Å². The molecule has 1 saturated heterocycles. The number of para-hydroxylation sites is 2. The molecule has 0 aromatic heterocycles. The summed E-state index contributed by atoms with van der Waals surface area (Å²) in [5, 5.41) is 9.68. The summed E-state index contributed by atoms with van der Waals surface area (Å²) in [7, 11) is 3.25. The molecule has 0 bridgehead atoms. The van der Waals surface area contributed by atoms with Crippen molar-refractivity contribution in [1.29, 1.82) is 0 Å². The molecule has 3 aromatic carbocycles. The number of likely N-dealkylation sites (tertiary alicyclic amines) is 1. The maximum atomic E-state index is 11.8. The molecule has 0 saturated carbocycles. The lowest BCUT2D eigenvalue weighted by Gasteiger charge is -2.38. The van der Waals surface area contributed by atoms with Crippen LogP contribution in [0, 0.1) is 5.92 Å². The monoisotopic (exact) mass is 447 g/mol. The SMILES string of the molecule is COc1cccc(C(c2cccc(Oc3ccccc3)c2)N2CCCC(C(=O)O)C2)c1OC. The second kappa shape index (κ2) is 10.4. The normalized spacial score (nSPS) is 17.2. The maximum Gasteiger partial charge on any atom is 0.307 e. The molecule has 3 aromatic rings. The fraction of sp³-hybridized carbons (Fsp3) is 0.296. The highest BCUT2D eigenvalue weighted by molar-refractivity contribution is 5.70. The average molecular weight is 448 g/mol. The molecule has 172 valence electrons. The van der Waals surface area contributed by atoms with Crippen LogP contribution in [-0.4, -0.2) is 43.3 Å². The number of carboxylic acid groups (broad SMARTS) is 1. The fourth-order valence-corrected chi connectivity index (χ4v) is 4.53. The molecule has 1 aliphatic heterocycles. The van der Waals surface area contributed by atoms with Gasteiger partial charge in [-0.1, -0.05) is 42.5 Å². The third kappa shape index (κ3) is 5.12. The summed E-state index contributed by atoms with van der Waals surface area (Å²) in [6.45, 7) is 1.25. The molecule has 33 heavy (non-hydrogen) atoms. The van der Waals surface area contributed by atoms with Crippen molar-refractivity contribution < 1.29 is 24.1 Å². The smallest absolute Gasteiger partial charge is 0.307 e. The Hall–Kier alpha value is -3.51. The van der Waals surface area contributed by atoms with Gasteiger partial charge in [-0.15, -0.1) is 0 Å². The van der Waals surface area contributed by atoms with Gasteiger partial charge in [0.2, 0.25) is 0 Å². The van der Waals surface area contributed by atoms with Gasteiger partial charge in [0.1, 0.15) is 11.5 Å². The van der Waals surface area contributed by atoms with E-state index < -0.39 is 11.9 Å². The van der Waals surface area contributed by atoms with Crippen molar-refractivity contribution in [2.75, 3.05) is 27.3 Å². The summed E-state index contributed by atoms with van der Waals surface area (Å²) in [5.41, 5.74) is 1.93. The van der Waals surface area contributed by atoms with Crippen LogP contribution in [0.5, 0.6) is 23.0 Å². The van der Waals surface area contributed by atoms with Gasteiger partial charge in [-0.25, -0.2) is 0 Å². The summed E-state index contributed by atoms with van der Waals surface area (Å²) >= 11 is 0. The minimum Gasteiger partial charge on any atom is -0.493 e. The zero-order chi connectivity index (χ0) is 23.2. The molecule has 0 aliphatic carbocycles. The summed E-state index contributed by atoms with van der Waals surface area (Å²) in [4.78, 5) is 14.0. The van der Waals surface area contributed by atoms with Gasteiger partial charge >= 0.3 is 5.97 Å². The first-order valence-corrected chi connectivity index (χ1v) is 11.1. The number of nitrogens with zero attached hydrogens (tertiary/aromatic N) is 1. The van der Waals surface area contributed by atoms with E-state index in [1.807, 2.05) is 72.8 Å². The van der Waals surface area contributed by atoms with Crippen molar-refractivity contribution in [3.63, 3.8) is 0 Å². The van der Waals surface area contributed by atoms with Crippen LogP contribution in [0.3, 0.4) is 0 Å². The summed E-state index contributed by atoms with van der Waals surface area (Å²) in [6.07, 6.45) is 1.50. The number of hydrogen-bond donors (Lipinski definition) is 1. The van der Waals surface area contributed by atoms with E-state index in [1.54, 1.807) is 14.2 Å². The van der Waals surface area contributed by atoms with Gasteiger partial charge in [-0.3, -0.25) is 9.69 Å². The lowest BCUT2D eigenvalue weighted by atomic mass is 9.90. The molecule has 1 aliphatic rings. The van der Waals surface area contributed by atoms with Gasteiger partial charge in [0, 0.05) is 12.1 Å². The number of rotatable bonds is 8. The number of hydrogen-bond acceptors (Lipinski definition) is 5. The van der Waals surface area contributed by atoms with Crippen LogP contribution in [0.15, 0.2) is 72.8 Å². The third-order valence-electron chi connectivity index (χ3n) is 6.05. The number of piperidine rings is 1. The number of aliphatic carboxylic acids is 1. The average Bonchev–Trinajstić information content (AvgIpc) is 2.85. The van der Waals surface area contributed by atoms with E-state index >= 15 is 0 Å². The van der Waals surface area contributed by atoms with Crippen LogP contribution in [-0.2, 0) is 4.79 Å². The standard InChI is InChI=1S/C27H29NO5/c1-31-24-15-7-14-23(26(24)32-2)25(28-16-8-10-20(18-28)27(29)30)19-9-6-13-22(17-19)33-21-11-4-3-5-12-21/h3-7,9,11-15,17,20,25H,8,10,16,18H2,1-2H3,(H,29,30). The highest BCUT2D eigenvalue weighted by Crippen LogP contribution is 2.42. The Bertz CT molecular complexity index is 1080. The molecule has 6 nitrogen and oxygen atoms in total. The Morgan fingerprint density at radius 3 is 2.45 bits per heavy atom. The number of carboxylic acids is 1. The molecule has 2 unspecified atom stereocenters. The highest BCUT2D eigenvalue weighted by Gasteiger charge is 2.33.